The number of ketones is 1. The summed E-state index contributed by atoms with van der Waals surface area (Å²) in [5, 5.41) is 0. The molecule has 1 heterocycles. The average molecular weight is 220 g/mol. The molecule has 2 nitrogen and oxygen atoms in total. The first-order valence-corrected chi connectivity index (χ1v) is 4.38. The van der Waals surface area contributed by atoms with E-state index in [1.165, 1.54) is 0 Å². The van der Waals surface area contributed by atoms with Crippen molar-refractivity contribution in [3.8, 4) is 0 Å². The lowest BCUT2D eigenvalue weighted by Crippen LogP contribution is -2.01. The fraction of sp³-hybridized carbons (Fsp3) is 0.333. The topological polar surface area (TPSA) is 30.0 Å². The summed E-state index contributed by atoms with van der Waals surface area (Å²) in [5.74, 6) is 0.592. The number of Topliss-reactive ketones (excluding diaryl/α,β-unsaturated/α-hetero) is 1. The monoisotopic (exact) mass is 219 g/mol. The highest BCUT2D eigenvalue weighted by atomic mass is 35.5. The van der Waals surface area contributed by atoms with Gasteiger partial charge in [-0.2, -0.15) is 0 Å². The predicted octanol–water partition coefficient (Wildman–Crippen LogP) is 2.71. The number of rotatable bonds is 4. The molecule has 0 saturated carbocycles. The lowest BCUT2D eigenvalue weighted by Gasteiger charge is -1.96. The van der Waals surface area contributed by atoms with Gasteiger partial charge < -0.3 is 0 Å². The Balaban J connectivity index is 0.00000144. The van der Waals surface area contributed by atoms with Crippen molar-refractivity contribution in [1.82, 2.24) is 4.98 Å². The maximum Gasteiger partial charge on any atom is 0.181 e. The van der Waals surface area contributed by atoms with E-state index in [0.717, 1.165) is 6.42 Å². The molecule has 1 aromatic rings. The van der Waals surface area contributed by atoms with Crippen molar-refractivity contribution in [3.63, 3.8) is 0 Å². The zero-order valence-corrected chi connectivity index (χ0v) is 8.64. The van der Waals surface area contributed by atoms with Crippen LogP contribution < -0.4 is 0 Å². The third kappa shape index (κ3) is 4.25. The van der Waals surface area contributed by atoms with Gasteiger partial charge in [0, 0.05) is 18.5 Å². The van der Waals surface area contributed by atoms with Gasteiger partial charge in [-0.25, -0.2) is 0 Å². The SMILES string of the molecule is Cl.O=C(CCCCl)c1ccccn1. The predicted molar refractivity (Wildman–Crippen MR) is 55.8 cm³/mol. The van der Waals surface area contributed by atoms with E-state index >= 15 is 0 Å². The molecule has 1 aromatic heterocycles. The number of pyridine rings is 1. The number of halogens is 2. The summed E-state index contributed by atoms with van der Waals surface area (Å²) in [6.07, 6.45) is 2.82. The zero-order chi connectivity index (χ0) is 8.81. The van der Waals surface area contributed by atoms with Crippen LogP contribution in [0.4, 0.5) is 0 Å². The van der Waals surface area contributed by atoms with Crippen molar-refractivity contribution >= 4 is 29.8 Å². The van der Waals surface area contributed by atoms with E-state index in [2.05, 4.69) is 4.98 Å². The van der Waals surface area contributed by atoms with Gasteiger partial charge in [-0.3, -0.25) is 9.78 Å². The summed E-state index contributed by atoms with van der Waals surface area (Å²) in [6, 6.07) is 5.32. The Hall–Kier alpha value is -0.600. The molecule has 0 aromatic carbocycles. The van der Waals surface area contributed by atoms with Crippen LogP contribution in [0.2, 0.25) is 0 Å². The molecule has 0 atom stereocenters. The minimum absolute atomic E-state index is 0. The van der Waals surface area contributed by atoms with Gasteiger partial charge in [0.05, 0.1) is 0 Å². The summed E-state index contributed by atoms with van der Waals surface area (Å²) in [7, 11) is 0. The molecule has 0 radical (unpaired) electrons. The Morgan fingerprint density at radius 3 is 2.77 bits per heavy atom. The van der Waals surface area contributed by atoms with Crippen LogP contribution in [0.25, 0.3) is 0 Å². The normalized spacial score (nSPS) is 9.00. The van der Waals surface area contributed by atoms with Gasteiger partial charge >= 0.3 is 0 Å². The molecule has 0 bridgehead atoms. The smallest absolute Gasteiger partial charge is 0.181 e. The van der Waals surface area contributed by atoms with Crippen molar-refractivity contribution in [2.45, 2.75) is 12.8 Å². The fourth-order valence-electron chi connectivity index (χ4n) is 0.883. The van der Waals surface area contributed by atoms with E-state index in [1.807, 2.05) is 0 Å². The summed E-state index contributed by atoms with van der Waals surface area (Å²) >= 11 is 5.46. The van der Waals surface area contributed by atoms with Gasteiger partial charge in [0.2, 0.25) is 0 Å². The van der Waals surface area contributed by atoms with Crippen LogP contribution in [0, 0.1) is 0 Å². The number of hydrogen-bond acceptors (Lipinski definition) is 2. The van der Waals surface area contributed by atoms with Crippen molar-refractivity contribution in [1.29, 1.82) is 0 Å². The number of alkyl halides is 1. The minimum atomic E-state index is 0. The van der Waals surface area contributed by atoms with Gasteiger partial charge in [0.1, 0.15) is 5.69 Å². The lowest BCUT2D eigenvalue weighted by atomic mass is 10.2. The molecule has 0 N–H and O–H groups in total. The van der Waals surface area contributed by atoms with Crippen LogP contribution in [0.5, 0.6) is 0 Å². The molecule has 13 heavy (non-hydrogen) atoms. The molecule has 4 heteroatoms. The Labute approximate surface area is 88.7 Å². The van der Waals surface area contributed by atoms with E-state index in [-0.39, 0.29) is 18.2 Å². The minimum Gasteiger partial charge on any atom is -0.292 e. The lowest BCUT2D eigenvalue weighted by molar-refractivity contribution is 0.0977. The first kappa shape index (κ1) is 12.4. The van der Waals surface area contributed by atoms with Crippen molar-refractivity contribution in [2.75, 3.05) is 5.88 Å². The largest absolute Gasteiger partial charge is 0.292 e. The van der Waals surface area contributed by atoms with Gasteiger partial charge in [-0.1, -0.05) is 6.07 Å². The zero-order valence-electron chi connectivity index (χ0n) is 7.07. The summed E-state index contributed by atoms with van der Waals surface area (Å²) in [6.45, 7) is 0. The molecule has 0 amide bonds. The average Bonchev–Trinajstić information content (AvgIpc) is 2.15. The van der Waals surface area contributed by atoms with Gasteiger partial charge in [0.15, 0.2) is 5.78 Å². The molecule has 1 rings (SSSR count). The molecule has 0 fully saturated rings. The van der Waals surface area contributed by atoms with Crippen LogP contribution in [0.1, 0.15) is 23.3 Å². The maximum absolute atomic E-state index is 11.3. The summed E-state index contributed by atoms with van der Waals surface area (Å²) in [5.41, 5.74) is 0.530. The maximum atomic E-state index is 11.3. The van der Waals surface area contributed by atoms with E-state index in [0.29, 0.717) is 18.0 Å². The molecule has 0 saturated heterocycles. The second-order valence-electron chi connectivity index (χ2n) is 2.43. The first-order chi connectivity index (χ1) is 5.84. The van der Waals surface area contributed by atoms with Gasteiger partial charge in [0.25, 0.3) is 0 Å². The van der Waals surface area contributed by atoms with E-state index in [1.54, 1.807) is 24.4 Å². The van der Waals surface area contributed by atoms with Gasteiger partial charge in [-0.15, -0.1) is 24.0 Å². The fourth-order valence-corrected chi connectivity index (χ4v) is 1.02. The Bertz CT molecular complexity index is 251. The molecule has 0 aliphatic heterocycles. The third-order valence-electron chi connectivity index (χ3n) is 1.49. The third-order valence-corrected chi connectivity index (χ3v) is 1.76. The van der Waals surface area contributed by atoms with E-state index in [9.17, 15) is 4.79 Å². The van der Waals surface area contributed by atoms with Crippen LogP contribution in [0.15, 0.2) is 24.4 Å². The van der Waals surface area contributed by atoms with E-state index < -0.39 is 0 Å². The van der Waals surface area contributed by atoms with Gasteiger partial charge in [-0.05, 0) is 18.6 Å². The molecule has 0 spiro atoms. The number of carbonyl (C=O) groups is 1. The van der Waals surface area contributed by atoms with Crippen molar-refractivity contribution in [2.24, 2.45) is 0 Å². The summed E-state index contributed by atoms with van der Waals surface area (Å²) in [4.78, 5) is 15.2. The Morgan fingerprint density at radius 2 is 2.23 bits per heavy atom. The highest BCUT2D eigenvalue weighted by Gasteiger charge is 2.04. The second-order valence-corrected chi connectivity index (χ2v) is 2.81. The number of nitrogens with zero attached hydrogens (tertiary/aromatic N) is 1. The molecular formula is C9H11Cl2NO. The van der Waals surface area contributed by atoms with E-state index in [4.69, 9.17) is 11.6 Å². The van der Waals surface area contributed by atoms with Crippen LogP contribution in [-0.2, 0) is 0 Å². The standard InChI is InChI=1S/C9H10ClNO.ClH/c10-6-3-5-9(12)8-4-1-2-7-11-8;/h1-2,4,7H,3,5-6H2;1H. The first-order valence-electron chi connectivity index (χ1n) is 3.85. The molecular weight excluding hydrogens is 209 g/mol. The quantitative estimate of drug-likeness (QED) is 0.576. The Kier molecular flexibility index (Phi) is 6.55. The van der Waals surface area contributed by atoms with Crippen molar-refractivity contribution in [3.05, 3.63) is 30.1 Å². The van der Waals surface area contributed by atoms with Crippen LogP contribution >= 0.6 is 24.0 Å². The van der Waals surface area contributed by atoms with Crippen LogP contribution in [0.3, 0.4) is 0 Å². The van der Waals surface area contributed by atoms with Crippen LogP contribution in [-0.4, -0.2) is 16.6 Å². The number of carbonyl (C=O) groups excluding carboxylic acids is 1. The highest BCUT2D eigenvalue weighted by molar-refractivity contribution is 6.18. The Morgan fingerprint density at radius 1 is 1.46 bits per heavy atom. The molecule has 0 unspecified atom stereocenters. The number of hydrogen-bond donors (Lipinski definition) is 0. The molecule has 72 valence electrons. The molecule has 0 aliphatic rings. The summed E-state index contributed by atoms with van der Waals surface area (Å²) < 4.78 is 0. The highest BCUT2D eigenvalue weighted by Crippen LogP contribution is 2.02. The molecule has 0 aliphatic carbocycles. The van der Waals surface area contributed by atoms with Crippen molar-refractivity contribution < 1.29 is 4.79 Å². The second kappa shape index (κ2) is 6.87. The number of aromatic nitrogens is 1.